The largest absolute Gasteiger partial charge is 0.356 e. The number of nitrogens with one attached hydrogen (secondary N) is 2. The van der Waals surface area contributed by atoms with Crippen LogP contribution in [-0.4, -0.2) is 50.1 Å². The molecule has 0 aromatic rings. The number of amides is 1. The minimum Gasteiger partial charge on any atom is -0.356 e. The molecule has 0 aliphatic carbocycles. The molecule has 0 aromatic heterocycles. The van der Waals surface area contributed by atoms with E-state index in [0.717, 1.165) is 32.6 Å². The van der Waals surface area contributed by atoms with E-state index in [-0.39, 0.29) is 11.3 Å². The minimum atomic E-state index is 0.166. The van der Waals surface area contributed by atoms with Crippen molar-refractivity contribution < 1.29 is 4.79 Å². The van der Waals surface area contributed by atoms with Gasteiger partial charge < -0.3 is 15.5 Å². The number of hydrogen-bond acceptors (Lipinski definition) is 3. The first kappa shape index (κ1) is 14.5. The summed E-state index contributed by atoms with van der Waals surface area (Å²) in [6.45, 7) is 10.3. The molecule has 2 N–H and O–H groups in total. The number of carbonyl (C=O) groups is 1. The van der Waals surface area contributed by atoms with E-state index in [1.54, 1.807) is 0 Å². The maximum atomic E-state index is 11.8. The van der Waals surface area contributed by atoms with Gasteiger partial charge in [0, 0.05) is 38.6 Å². The molecule has 0 radical (unpaired) electrons. The summed E-state index contributed by atoms with van der Waals surface area (Å²) in [6, 6.07) is 0.304. The molecule has 1 unspecified atom stereocenters. The predicted octanol–water partition coefficient (Wildman–Crippen LogP) is 0.833. The van der Waals surface area contributed by atoms with Crippen molar-refractivity contribution in [2.45, 2.75) is 39.7 Å². The van der Waals surface area contributed by atoms with Crippen LogP contribution in [0.4, 0.5) is 0 Å². The van der Waals surface area contributed by atoms with E-state index >= 15 is 0 Å². The van der Waals surface area contributed by atoms with E-state index in [1.807, 2.05) is 0 Å². The molecule has 1 fully saturated rings. The zero-order valence-corrected chi connectivity index (χ0v) is 11.7. The summed E-state index contributed by atoms with van der Waals surface area (Å²) in [4.78, 5) is 14.1. The van der Waals surface area contributed by atoms with Gasteiger partial charge in [-0.25, -0.2) is 0 Å². The van der Waals surface area contributed by atoms with Crippen molar-refractivity contribution in [3.8, 4) is 0 Å². The molecule has 1 heterocycles. The smallest absolute Gasteiger partial charge is 0.221 e. The Morgan fingerprint density at radius 1 is 1.53 bits per heavy atom. The molecule has 1 aliphatic rings. The fraction of sp³-hybridized carbons (Fsp3) is 0.923. The Morgan fingerprint density at radius 2 is 2.24 bits per heavy atom. The standard InChI is InChI=1S/C13H27N3O/c1-5-13(2,3)10-15-12(17)8-11-9-16(4)7-6-14-11/h11,14H,5-10H2,1-4H3,(H,15,17). The van der Waals surface area contributed by atoms with Crippen LogP contribution < -0.4 is 10.6 Å². The van der Waals surface area contributed by atoms with Gasteiger partial charge in [-0.1, -0.05) is 20.8 Å². The highest BCUT2D eigenvalue weighted by atomic mass is 16.1. The number of carbonyl (C=O) groups excluding carboxylic acids is 1. The van der Waals surface area contributed by atoms with Crippen LogP contribution in [0.1, 0.15) is 33.6 Å². The molecule has 0 saturated carbocycles. The monoisotopic (exact) mass is 241 g/mol. The molecule has 0 spiro atoms. The summed E-state index contributed by atoms with van der Waals surface area (Å²) >= 11 is 0. The van der Waals surface area contributed by atoms with Crippen LogP contribution in [0.15, 0.2) is 0 Å². The highest BCUT2D eigenvalue weighted by molar-refractivity contribution is 5.76. The molecule has 1 amide bonds. The van der Waals surface area contributed by atoms with E-state index in [0.29, 0.717) is 12.5 Å². The van der Waals surface area contributed by atoms with Crippen molar-refractivity contribution in [3.63, 3.8) is 0 Å². The molecule has 17 heavy (non-hydrogen) atoms. The number of nitrogens with zero attached hydrogens (tertiary/aromatic N) is 1. The van der Waals surface area contributed by atoms with E-state index in [9.17, 15) is 4.79 Å². The molecule has 100 valence electrons. The Kier molecular flexibility index (Phi) is 5.40. The van der Waals surface area contributed by atoms with E-state index in [1.165, 1.54) is 0 Å². The van der Waals surface area contributed by atoms with E-state index in [4.69, 9.17) is 0 Å². The molecular weight excluding hydrogens is 214 g/mol. The van der Waals surface area contributed by atoms with Crippen LogP contribution in [0.5, 0.6) is 0 Å². The fourth-order valence-electron chi connectivity index (χ4n) is 1.89. The second-order valence-electron chi connectivity index (χ2n) is 5.91. The third kappa shape index (κ3) is 5.50. The lowest BCUT2D eigenvalue weighted by molar-refractivity contribution is -0.122. The van der Waals surface area contributed by atoms with Gasteiger partial charge >= 0.3 is 0 Å². The molecule has 4 heteroatoms. The molecule has 4 nitrogen and oxygen atoms in total. The molecule has 0 bridgehead atoms. The van der Waals surface area contributed by atoms with Crippen molar-refractivity contribution in [2.24, 2.45) is 5.41 Å². The number of rotatable bonds is 5. The van der Waals surface area contributed by atoms with Crippen molar-refractivity contribution >= 4 is 5.91 Å². The van der Waals surface area contributed by atoms with Gasteiger partial charge in [0.05, 0.1) is 0 Å². The van der Waals surface area contributed by atoms with Crippen molar-refractivity contribution in [3.05, 3.63) is 0 Å². The number of piperazine rings is 1. The molecular formula is C13H27N3O. The van der Waals surface area contributed by atoms with Gasteiger partial charge in [0.1, 0.15) is 0 Å². The number of hydrogen-bond donors (Lipinski definition) is 2. The lowest BCUT2D eigenvalue weighted by Gasteiger charge is -2.31. The summed E-state index contributed by atoms with van der Waals surface area (Å²) in [7, 11) is 2.10. The molecule has 1 rings (SSSR count). The topological polar surface area (TPSA) is 44.4 Å². The van der Waals surface area contributed by atoms with Gasteiger partial charge in [-0.05, 0) is 18.9 Å². The summed E-state index contributed by atoms with van der Waals surface area (Å²) in [5.74, 6) is 0.166. The second-order valence-corrected chi connectivity index (χ2v) is 5.91. The minimum absolute atomic E-state index is 0.166. The zero-order valence-electron chi connectivity index (χ0n) is 11.7. The van der Waals surface area contributed by atoms with Crippen molar-refractivity contribution in [2.75, 3.05) is 33.2 Å². The third-order valence-electron chi connectivity index (χ3n) is 3.61. The predicted molar refractivity (Wildman–Crippen MR) is 71.0 cm³/mol. The summed E-state index contributed by atoms with van der Waals surface area (Å²) in [5.41, 5.74) is 0.201. The Hall–Kier alpha value is -0.610. The average molecular weight is 241 g/mol. The molecule has 1 aliphatic heterocycles. The molecule has 1 atom stereocenters. The van der Waals surface area contributed by atoms with Gasteiger partial charge in [0.15, 0.2) is 0 Å². The first-order chi connectivity index (χ1) is 7.93. The van der Waals surface area contributed by atoms with E-state index < -0.39 is 0 Å². The van der Waals surface area contributed by atoms with Crippen LogP contribution >= 0.6 is 0 Å². The first-order valence-electron chi connectivity index (χ1n) is 6.61. The third-order valence-corrected chi connectivity index (χ3v) is 3.61. The van der Waals surface area contributed by atoms with Gasteiger partial charge in [-0.15, -0.1) is 0 Å². The lowest BCUT2D eigenvalue weighted by atomic mass is 9.90. The van der Waals surface area contributed by atoms with Gasteiger partial charge in [0.2, 0.25) is 5.91 Å². The van der Waals surface area contributed by atoms with Gasteiger partial charge in [-0.3, -0.25) is 4.79 Å². The maximum Gasteiger partial charge on any atom is 0.221 e. The lowest BCUT2D eigenvalue weighted by Crippen LogP contribution is -2.51. The quantitative estimate of drug-likeness (QED) is 0.749. The normalized spacial score (nSPS) is 22.5. The summed E-state index contributed by atoms with van der Waals surface area (Å²) in [6.07, 6.45) is 1.67. The Morgan fingerprint density at radius 3 is 2.82 bits per heavy atom. The SMILES string of the molecule is CCC(C)(C)CNC(=O)CC1CN(C)CCN1. The van der Waals surface area contributed by atoms with Crippen molar-refractivity contribution in [1.82, 2.24) is 15.5 Å². The zero-order chi connectivity index (χ0) is 12.9. The summed E-state index contributed by atoms with van der Waals surface area (Å²) < 4.78 is 0. The Labute approximate surface area is 105 Å². The van der Waals surface area contributed by atoms with E-state index in [2.05, 4.69) is 43.4 Å². The van der Waals surface area contributed by atoms with Crippen LogP contribution in [0.3, 0.4) is 0 Å². The number of likely N-dealkylation sites (N-methyl/N-ethyl adjacent to an activating group) is 1. The highest BCUT2D eigenvalue weighted by Crippen LogP contribution is 2.17. The first-order valence-corrected chi connectivity index (χ1v) is 6.61. The Bertz CT molecular complexity index is 253. The van der Waals surface area contributed by atoms with Crippen LogP contribution in [0, 0.1) is 5.41 Å². The fourth-order valence-corrected chi connectivity index (χ4v) is 1.89. The van der Waals surface area contributed by atoms with Gasteiger partial charge in [-0.2, -0.15) is 0 Å². The molecule has 0 aromatic carbocycles. The maximum absolute atomic E-state index is 11.8. The van der Waals surface area contributed by atoms with Crippen molar-refractivity contribution in [1.29, 1.82) is 0 Å². The molecule has 1 saturated heterocycles. The Balaban J connectivity index is 2.25. The summed E-state index contributed by atoms with van der Waals surface area (Å²) in [5, 5.41) is 6.43. The van der Waals surface area contributed by atoms with Crippen LogP contribution in [0.2, 0.25) is 0 Å². The highest BCUT2D eigenvalue weighted by Gasteiger charge is 2.21. The average Bonchev–Trinajstić information content (AvgIpc) is 2.27. The van der Waals surface area contributed by atoms with Gasteiger partial charge in [0.25, 0.3) is 0 Å². The van der Waals surface area contributed by atoms with Crippen LogP contribution in [-0.2, 0) is 4.79 Å². The second kappa shape index (κ2) is 6.36. The van der Waals surface area contributed by atoms with Crippen LogP contribution in [0.25, 0.3) is 0 Å².